The smallest absolute Gasteiger partial charge is 0.245 e. The second-order valence-electron chi connectivity index (χ2n) is 5.33. The van der Waals surface area contributed by atoms with E-state index >= 15 is 0 Å². The molecule has 7 heteroatoms. The number of para-hydroxylation sites is 1. The average molecular weight is 364 g/mol. The normalized spacial score (nSPS) is 11.1. The van der Waals surface area contributed by atoms with Crippen molar-refractivity contribution in [3.63, 3.8) is 0 Å². The van der Waals surface area contributed by atoms with Crippen molar-refractivity contribution in [1.29, 1.82) is 0 Å². The zero-order chi connectivity index (χ0) is 17.7. The summed E-state index contributed by atoms with van der Waals surface area (Å²) in [7, 11) is -3.57. The average Bonchev–Trinajstić information content (AvgIpc) is 2.53. The van der Waals surface area contributed by atoms with Crippen LogP contribution in [-0.2, 0) is 14.8 Å². The number of carbonyl (C=O) groups excluding carboxylic acids is 1. The molecule has 0 aliphatic carbocycles. The van der Waals surface area contributed by atoms with E-state index in [1.54, 1.807) is 36.0 Å². The number of rotatable bonds is 6. The number of thioether (sulfide) groups is 1. The van der Waals surface area contributed by atoms with E-state index in [-0.39, 0.29) is 12.5 Å². The Hall–Kier alpha value is -1.99. The van der Waals surface area contributed by atoms with Crippen LogP contribution in [0, 0.1) is 6.92 Å². The third-order valence-corrected chi connectivity index (χ3v) is 5.32. The van der Waals surface area contributed by atoms with E-state index in [9.17, 15) is 13.2 Å². The number of carbonyl (C=O) groups is 1. The van der Waals surface area contributed by atoms with Crippen molar-refractivity contribution in [2.24, 2.45) is 0 Å². The van der Waals surface area contributed by atoms with E-state index < -0.39 is 10.0 Å². The molecule has 0 spiro atoms. The second-order valence-corrected chi connectivity index (χ2v) is 8.12. The van der Waals surface area contributed by atoms with Crippen LogP contribution in [-0.4, -0.2) is 33.4 Å². The highest BCUT2D eigenvalue weighted by Crippen LogP contribution is 2.22. The van der Waals surface area contributed by atoms with Crippen molar-refractivity contribution in [2.45, 2.75) is 11.8 Å². The Morgan fingerprint density at radius 1 is 1.12 bits per heavy atom. The molecule has 0 aromatic heterocycles. The lowest BCUT2D eigenvalue weighted by atomic mass is 10.2. The fraction of sp³-hybridized carbons (Fsp3) is 0.235. The molecule has 0 fully saturated rings. The van der Waals surface area contributed by atoms with Crippen molar-refractivity contribution < 1.29 is 13.2 Å². The van der Waals surface area contributed by atoms with Crippen LogP contribution in [0.3, 0.4) is 0 Å². The number of nitrogens with zero attached hydrogens (tertiary/aromatic N) is 1. The molecule has 0 heterocycles. The number of aryl methyl sites for hydroxylation is 1. The maximum atomic E-state index is 12.3. The molecule has 0 aliphatic rings. The van der Waals surface area contributed by atoms with Crippen LogP contribution in [0.15, 0.2) is 53.4 Å². The number of amides is 1. The zero-order valence-corrected chi connectivity index (χ0v) is 15.4. The molecule has 2 aromatic carbocycles. The highest BCUT2D eigenvalue weighted by atomic mass is 32.2. The highest BCUT2D eigenvalue weighted by Gasteiger charge is 2.22. The van der Waals surface area contributed by atoms with E-state index in [2.05, 4.69) is 5.32 Å². The van der Waals surface area contributed by atoms with Crippen LogP contribution < -0.4 is 9.62 Å². The van der Waals surface area contributed by atoms with Crippen molar-refractivity contribution in [3.05, 3.63) is 54.1 Å². The summed E-state index contributed by atoms with van der Waals surface area (Å²) < 4.78 is 25.3. The van der Waals surface area contributed by atoms with Gasteiger partial charge < -0.3 is 5.32 Å². The summed E-state index contributed by atoms with van der Waals surface area (Å²) in [5.41, 5.74) is 1.93. The molecule has 128 valence electrons. The molecule has 0 saturated carbocycles. The Balaban J connectivity index is 2.17. The molecule has 0 unspecified atom stereocenters. The van der Waals surface area contributed by atoms with Crippen molar-refractivity contribution in [3.8, 4) is 0 Å². The minimum atomic E-state index is -3.57. The van der Waals surface area contributed by atoms with Crippen molar-refractivity contribution in [1.82, 2.24) is 0 Å². The first-order chi connectivity index (χ1) is 11.3. The largest absolute Gasteiger partial charge is 0.325 e. The molecule has 2 rings (SSSR count). The van der Waals surface area contributed by atoms with Gasteiger partial charge in [0.2, 0.25) is 15.9 Å². The first-order valence-electron chi connectivity index (χ1n) is 7.28. The van der Waals surface area contributed by atoms with E-state index in [0.29, 0.717) is 11.4 Å². The molecule has 24 heavy (non-hydrogen) atoms. The van der Waals surface area contributed by atoms with Gasteiger partial charge in [-0.2, -0.15) is 0 Å². The number of nitrogens with one attached hydrogen (secondary N) is 1. The molecule has 0 bridgehead atoms. The van der Waals surface area contributed by atoms with Crippen molar-refractivity contribution >= 4 is 39.1 Å². The highest BCUT2D eigenvalue weighted by molar-refractivity contribution is 7.98. The maximum absolute atomic E-state index is 12.3. The van der Waals surface area contributed by atoms with Gasteiger partial charge in [0.05, 0.1) is 11.9 Å². The Kier molecular flexibility index (Phi) is 5.90. The Bertz CT molecular complexity index is 818. The number of sulfonamides is 1. The van der Waals surface area contributed by atoms with Gasteiger partial charge in [0.25, 0.3) is 0 Å². The predicted octanol–water partition coefficient (Wildman–Crippen LogP) is 3.12. The quantitative estimate of drug-likeness (QED) is 0.800. The van der Waals surface area contributed by atoms with Gasteiger partial charge in [0.1, 0.15) is 6.54 Å². The van der Waals surface area contributed by atoms with Crippen LogP contribution in [0.4, 0.5) is 11.4 Å². The van der Waals surface area contributed by atoms with E-state index in [0.717, 1.165) is 21.0 Å². The maximum Gasteiger partial charge on any atom is 0.245 e. The standard InChI is InChI=1S/C17H20N2O3S2/c1-13-6-4-5-7-16(13)19(24(3,21)22)12-17(20)18-14-8-10-15(23-2)11-9-14/h4-11H,12H2,1-3H3,(H,18,20). The summed E-state index contributed by atoms with van der Waals surface area (Å²) in [6.45, 7) is 1.54. The summed E-state index contributed by atoms with van der Waals surface area (Å²) in [4.78, 5) is 13.4. The molecule has 0 saturated heterocycles. The third-order valence-electron chi connectivity index (χ3n) is 3.45. The summed E-state index contributed by atoms with van der Waals surface area (Å²) in [6, 6.07) is 14.5. The molecular weight excluding hydrogens is 344 g/mol. The van der Waals surface area contributed by atoms with E-state index in [4.69, 9.17) is 0 Å². The summed E-state index contributed by atoms with van der Waals surface area (Å²) in [6.07, 6.45) is 3.07. The predicted molar refractivity (Wildman–Crippen MR) is 100 cm³/mol. The molecule has 2 aromatic rings. The number of anilines is 2. The molecule has 0 radical (unpaired) electrons. The van der Waals surface area contributed by atoms with Gasteiger partial charge in [-0.05, 0) is 49.1 Å². The first-order valence-corrected chi connectivity index (χ1v) is 10.4. The lowest BCUT2D eigenvalue weighted by Gasteiger charge is -2.23. The second kappa shape index (κ2) is 7.72. The SMILES string of the molecule is CSc1ccc(NC(=O)CN(c2ccccc2C)S(C)(=O)=O)cc1. The lowest BCUT2D eigenvalue weighted by Crippen LogP contribution is -2.37. The monoisotopic (exact) mass is 364 g/mol. The van der Waals surface area contributed by atoms with Crippen LogP contribution in [0.1, 0.15) is 5.56 Å². The zero-order valence-electron chi connectivity index (χ0n) is 13.8. The van der Waals surface area contributed by atoms with Crippen LogP contribution in [0.5, 0.6) is 0 Å². The van der Waals surface area contributed by atoms with Crippen LogP contribution >= 0.6 is 11.8 Å². The van der Waals surface area contributed by atoms with Gasteiger partial charge in [0.15, 0.2) is 0 Å². The molecular formula is C17H20N2O3S2. The molecule has 1 amide bonds. The fourth-order valence-electron chi connectivity index (χ4n) is 2.23. The Morgan fingerprint density at radius 3 is 2.29 bits per heavy atom. The van der Waals surface area contributed by atoms with Gasteiger partial charge >= 0.3 is 0 Å². The van der Waals surface area contributed by atoms with Gasteiger partial charge in [-0.1, -0.05) is 18.2 Å². The minimum Gasteiger partial charge on any atom is -0.325 e. The minimum absolute atomic E-state index is 0.270. The summed E-state index contributed by atoms with van der Waals surface area (Å²) in [5, 5.41) is 2.73. The Labute approximate surface area is 147 Å². The summed E-state index contributed by atoms with van der Waals surface area (Å²) >= 11 is 1.61. The van der Waals surface area contributed by atoms with Gasteiger partial charge in [0, 0.05) is 10.6 Å². The molecule has 0 atom stereocenters. The number of benzene rings is 2. The van der Waals surface area contributed by atoms with Gasteiger partial charge in [-0.3, -0.25) is 9.10 Å². The number of hydrogen-bond donors (Lipinski definition) is 1. The van der Waals surface area contributed by atoms with Gasteiger partial charge in [-0.25, -0.2) is 8.42 Å². The first kappa shape index (κ1) is 18.4. The van der Waals surface area contributed by atoms with Gasteiger partial charge in [-0.15, -0.1) is 11.8 Å². The molecule has 1 N–H and O–H groups in total. The van der Waals surface area contributed by atoms with Crippen LogP contribution in [0.25, 0.3) is 0 Å². The topological polar surface area (TPSA) is 66.5 Å². The molecule has 5 nitrogen and oxygen atoms in total. The number of hydrogen-bond acceptors (Lipinski definition) is 4. The van der Waals surface area contributed by atoms with Crippen molar-refractivity contribution in [2.75, 3.05) is 28.7 Å². The van der Waals surface area contributed by atoms with E-state index in [1.807, 2.05) is 37.4 Å². The van der Waals surface area contributed by atoms with E-state index in [1.165, 1.54) is 0 Å². The Morgan fingerprint density at radius 2 is 1.75 bits per heavy atom. The van der Waals surface area contributed by atoms with Crippen LogP contribution in [0.2, 0.25) is 0 Å². The fourth-order valence-corrected chi connectivity index (χ4v) is 3.55. The third kappa shape index (κ3) is 4.75. The lowest BCUT2D eigenvalue weighted by molar-refractivity contribution is -0.114. The molecule has 0 aliphatic heterocycles. The summed E-state index contributed by atoms with van der Waals surface area (Å²) in [5.74, 6) is -0.388.